The summed E-state index contributed by atoms with van der Waals surface area (Å²) >= 11 is 0. The summed E-state index contributed by atoms with van der Waals surface area (Å²) in [6.07, 6.45) is 14.0. The van der Waals surface area contributed by atoms with Gasteiger partial charge in [-0.1, -0.05) is 18.2 Å². The fourth-order valence-electron chi connectivity index (χ4n) is 4.42. The molecule has 4 aromatic rings. The summed E-state index contributed by atoms with van der Waals surface area (Å²) in [4.78, 5) is 10.1. The van der Waals surface area contributed by atoms with Crippen molar-refractivity contribution in [2.45, 2.75) is 11.3 Å². The Morgan fingerprint density at radius 3 is 2.33 bits per heavy atom. The van der Waals surface area contributed by atoms with Gasteiger partial charge in [-0.05, 0) is 89.5 Å². The number of sulfone groups is 1. The van der Waals surface area contributed by atoms with E-state index in [4.69, 9.17) is 0 Å². The molecule has 0 bridgehead atoms. The van der Waals surface area contributed by atoms with Crippen molar-refractivity contribution in [3.63, 3.8) is 0 Å². The monoisotopic (exact) mass is 499 g/mol. The molecule has 0 saturated carbocycles. The van der Waals surface area contributed by atoms with Crippen molar-refractivity contribution in [3.8, 4) is 22.4 Å². The molecule has 36 heavy (non-hydrogen) atoms. The van der Waals surface area contributed by atoms with Gasteiger partial charge in [0.15, 0.2) is 9.84 Å². The van der Waals surface area contributed by atoms with Crippen LogP contribution in [0.3, 0.4) is 0 Å². The second kappa shape index (κ2) is 9.95. The lowest BCUT2D eigenvalue weighted by Crippen LogP contribution is -2.22. The van der Waals surface area contributed by atoms with E-state index in [2.05, 4.69) is 20.9 Å². The van der Waals surface area contributed by atoms with Crippen molar-refractivity contribution in [1.82, 2.24) is 14.9 Å². The normalized spacial score (nSPS) is 14.3. The molecule has 0 amide bonds. The summed E-state index contributed by atoms with van der Waals surface area (Å²) in [5.41, 5.74) is 7.38. The number of aromatic amines is 1. The van der Waals surface area contributed by atoms with E-state index >= 15 is 0 Å². The molecule has 0 fully saturated rings. The van der Waals surface area contributed by atoms with E-state index in [-0.39, 0.29) is 5.82 Å². The first-order chi connectivity index (χ1) is 17.4. The lowest BCUT2D eigenvalue weighted by molar-refractivity contribution is 0.416. The van der Waals surface area contributed by atoms with Gasteiger partial charge in [0, 0.05) is 49.1 Å². The Hall–Kier alpha value is -3.97. The molecule has 2 aromatic heterocycles. The number of rotatable bonds is 6. The molecule has 1 aliphatic rings. The average molecular weight is 500 g/mol. The van der Waals surface area contributed by atoms with Gasteiger partial charge in [0.1, 0.15) is 5.82 Å². The fourth-order valence-corrected chi connectivity index (χ4v) is 5.05. The zero-order valence-electron chi connectivity index (χ0n) is 19.9. The summed E-state index contributed by atoms with van der Waals surface area (Å²) in [6.45, 7) is 1.62. The average Bonchev–Trinajstić information content (AvgIpc) is 3.34. The van der Waals surface area contributed by atoms with E-state index in [1.807, 2.05) is 42.7 Å². The van der Waals surface area contributed by atoms with Crippen LogP contribution in [-0.4, -0.2) is 42.6 Å². The van der Waals surface area contributed by atoms with Crippen LogP contribution in [0.5, 0.6) is 0 Å². The van der Waals surface area contributed by atoms with Crippen LogP contribution in [0, 0.1) is 5.82 Å². The highest BCUT2D eigenvalue weighted by molar-refractivity contribution is 7.90. The summed E-state index contributed by atoms with van der Waals surface area (Å²) in [6, 6.07) is 17.4. The number of hydrogen-bond donors (Lipinski definition) is 1. The molecule has 182 valence electrons. The van der Waals surface area contributed by atoms with Crippen LogP contribution >= 0.6 is 0 Å². The van der Waals surface area contributed by atoms with E-state index in [0.29, 0.717) is 4.90 Å². The maximum Gasteiger partial charge on any atom is 0.175 e. The first kappa shape index (κ1) is 23.8. The van der Waals surface area contributed by atoms with Crippen molar-refractivity contribution in [3.05, 3.63) is 108 Å². The van der Waals surface area contributed by atoms with E-state index in [0.717, 1.165) is 53.0 Å². The minimum Gasteiger partial charge on any atom is -0.373 e. The largest absolute Gasteiger partial charge is 0.373 e. The molecule has 0 radical (unpaired) electrons. The first-order valence-electron chi connectivity index (χ1n) is 11.7. The number of benzene rings is 2. The standard InChI is InChI=1S/C29H26FN3O2S/c1-36(34,35)26-8-2-21(3-9-26)12-17-33-18-13-22(14-19-33)27-20-32-29(24-4-6-25(30)7-5-24)28(27)23-10-15-31-16-11-23/h2-13,15-17,20,32H,14,18-19H2,1H3. The van der Waals surface area contributed by atoms with Crippen LogP contribution in [0.2, 0.25) is 0 Å². The highest BCUT2D eigenvalue weighted by atomic mass is 32.2. The molecular formula is C29H26FN3O2S. The summed E-state index contributed by atoms with van der Waals surface area (Å²) in [5, 5.41) is 0. The Bertz CT molecular complexity index is 1520. The van der Waals surface area contributed by atoms with Crippen LogP contribution in [0.15, 0.2) is 96.4 Å². The maximum absolute atomic E-state index is 13.5. The molecule has 0 atom stereocenters. The second-order valence-electron chi connectivity index (χ2n) is 8.83. The zero-order chi connectivity index (χ0) is 25.1. The van der Waals surface area contributed by atoms with Gasteiger partial charge in [0.25, 0.3) is 0 Å². The Kier molecular flexibility index (Phi) is 6.57. The molecule has 5 rings (SSSR count). The third kappa shape index (κ3) is 5.16. The van der Waals surface area contributed by atoms with E-state index in [1.54, 1.807) is 36.7 Å². The molecule has 0 saturated heterocycles. The number of H-pyrrole nitrogens is 1. The van der Waals surface area contributed by atoms with Crippen molar-refractivity contribution in [2.75, 3.05) is 19.3 Å². The molecule has 0 spiro atoms. The van der Waals surface area contributed by atoms with Crippen molar-refractivity contribution in [1.29, 1.82) is 0 Å². The second-order valence-corrected chi connectivity index (χ2v) is 10.8. The zero-order valence-corrected chi connectivity index (χ0v) is 20.7. The smallest absolute Gasteiger partial charge is 0.175 e. The van der Waals surface area contributed by atoms with Gasteiger partial charge in [-0.3, -0.25) is 4.98 Å². The van der Waals surface area contributed by atoms with Crippen LogP contribution < -0.4 is 0 Å². The minimum absolute atomic E-state index is 0.259. The van der Waals surface area contributed by atoms with Gasteiger partial charge in [-0.15, -0.1) is 0 Å². The quantitative estimate of drug-likeness (QED) is 0.351. The van der Waals surface area contributed by atoms with E-state index < -0.39 is 9.84 Å². The lowest BCUT2D eigenvalue weighted by atomic mass is 9.92. The Balaban J connectivity index is 1.39. The van der Waals surface area contributed by atoms with Crippen LogP contribution in [0.1, 0.15) is 17.5 Å². The van der Waals surface area contributed by atoms with Gasteiger partial charge >= 0.3 is 0 Å². The highest BCUT2D eigenvalue weighted by Crippen LogP contribution is 2.39. The fraction of sp³-hybridized carbons (Fsp3) is 0.138. The number of nitrogens with zero attached hydrogens (tertiary/aromatic N) is 2. The molecular weight excluding hydrogens is 473 g/mol. The van der Waals surface area contributed by atoms with E-state index in [9.17, 15) is 12.8 Å². The third-order valence-corrected chi connectivity index (χ3v) is 7.48. The number of aromatic nitrogens is 2. The molecule has 7 heteroatoms. The van der Waals surface area contributed by atoms with Crippen molar-refractivity contribution >= 4 is 21.5 Å². The number of nitrogens with one attached hydrogen (secondary N) is 1. The highest BCUT2D eigenvalue weighted by Gasteiger charge is 2.20. The van der Waals surface area contributed by atoms with E-state index in [1.165, 1.54) is 24.0 Å². The number of halogens is 1. The van der Waals surface area contributed by atoms with Gasteiger partial charge in [0.05, 0.1) is 10.6 Å². The molecule has 3 heterocycles. The molecule has 1 aliphatic heterocycles. The minimum atomic E-state index is -3.19. The molecule has 0 unspecified atom stereocenters. The van der Waals surface area contributed by atoms with Crippen molar-refractivity contribution in [2.24, 2.45) is 0 Å². The first-order valence-corrected chi connectivity index (χ1v) is 13.6. The Morgan fingerprint density at radius 1 is 0.972 bits per heavy atom. The van der Waals surface area contributed by atoms with Crippen molar-refractivity contribution < 1.29 is 12.8 Å². The topological polar surface area (TPSA) is 66.1 Å². The summed E-state index contributed by atoms with van der Waals surface area (Å²) in [5.74, 6) is -0.259. The van der Waals surface area contributed by atoms with Crippen LogP contribution in [0.4, 0.5) is 4.39 Å². The summed E-state index contributed by atoms with van der Waals surface area (Å²) < 4.78 is 36.8. The molecule has 2 aromatic carbocycles. The molecule has 5 nitrogen and oxygen atoms in total. The number of pyridine rings is 1. The third-order valence-electron chi connectivity index (χ3n) is 6.35. The predicted octanol–water partition coefficient (Wildman–Crippen LogP) is 6.05. The van der Waals surface area contributed by atoms with Gasteiger partial charge in [-0.25, -0.2) is 12.8 Å². The Labute approximate surface area is 210 Å². The Morgan fingerprint density at radius 2 is 1.69 bits per heavy atom. The SMILES string of the molecule is CS(=O)(=O)c1ccc(C=CN2CC=C(c3c[nH]c(-c4ccc(F)cc4)c3-c3ccncc3)CC2)cc1. The molecule has 1 N–H and O–H groups in total. The lowest BCUT2D eigenvalue weighted by Gasteiger charge is -2.25. The van der Waals surface area contributed by atoms with Gasteiger partial charge in [0.2, 0.25) is 0 Å². The van der Waals surface area contributed by atoms with Gasteiger partial charge in [-0.2, -0.15) is 0 Å². The van der Waals surface area contributed by atoms with Gasteiger partial charge < -0.3 is 9.88 Å². The maximum atomic E-state index is 13.5. The molecule has 0 aliphatic carbocycles. The number of hydrogen-bond acceptors (Lipinski definition) is 4. The van der Waals surface area contributed by atoms with Crippen LogP contribution in [-0.2, 0) is 9.84 Å². The summed E-state index contributed by atoms with van der Waals surface area (Å²) in [7, 11) is -3.19. The van der Waals surface area contributed by atoms with Crippen LogP contribution in [0.25, 0.3) is 34.0 Å². The predicted molar refractivity (Wildman–Crippen MR) is 142 cm³/mol.